The number of hydrogen-bond acceptors (Lipinski definition) is 5. The average Bonchev–Trinajstić information content (AvgIpc) is 3.52. The van der Waals surface area contributed by atoms with Crippen LogP contribution in [0.15, 0.2) is 47.4 Å². The zero-order chi connectivity index (χ0) is 26.5. The SMILES string of the molecule is C[C@]12CC[C@H](OC(=O)CCC(=O)O)CC1=CC[C@@H]1C2CC[C@@]2(C)C1CC[C@@H]2c1nc(-c2ccccc2)cs1. The molecule has 0 aliphatic heterocycles. The van der Waals surface area contributed by atoms with Gasteiger partial charge in [-0.25, -0.2) is 4.98 Å². The second-order valence-corrected chi connectivity index (χ2v) is 13.5. The van der Waals surface area contributed by atoms with Crippen molar-refractivity contribution in [3.63, 3.8) is 0 Å². The van der Waals surface area contributed by atoms with Gasteiger partial charge in [-0.15, -0.1) is 11.3 Å². The number of aromatic nitrogens is 1. The van der Waals surface area contributed by atoms with Crippen molar-refractivity contribution in [2.45, 2.75) is 90.1 Å². The average molecular weight is 534 g/mol. The number of fused-ring (bicyclic) bond motifs is 5. The van der Waals surface area contributed by atoms with E-state index in [4.69, 9.17) is 14.8 Å². The van der Waals surface area contributed by atoms with E-state index in [1.165, 1.54) is 41.8 Å². The molecule has 0 bridgehead atoms. The summed E-state index contributed by atoms with van der Waals surface area (Å²) in [6, 6.07) is 10.5. The molecule has 0 amide bonds. The van der Waals surface area contributed by atoms with E-state index in [-0.39, 0.29) is 30.3 Å². The van der Waals surface area contributed by atoms with Crippen LogP contribution in [-0.4, -0.2) is 28.1 Å². The number of carboxylic acids is 1. The first kappa shape index (κ1) is 25.8. The van der Waals surface area contributed by atoms with Crippen LogP contribution in [0.3, 0.4) is 0 Å². The molecule has 38 heavy (non-hydrogen) atoms. The van der Waals surface area contributed by atoms with Crippen molar-refractivity contribution in [1.29, 1.82) is 0 Å². The van der Waals surface area contributed by atoms with Crippen LogP contribution in [0, 0.1) is 28.6 Å². The highest BCUT2D eigenvalue weighted by Gasteiger charge is 2.59. The van der Waals surface area contributed by atoms with E-state index in [9.17, 15) is 9.59 Å². The lowest BCUT2D eigenvalue weighted by molar-refractivity contribution is -0.154. The summed E-state index contributed by atoms with van der Waals surface area (Å²) in [6.07, 6.45) is 11.1. The number of thiazole rings is 1. The van der Waals surface area contributed by atoms with Crippen molar-refractivity contribution >= 4 is 23.3 Å². The number of carbonyl (C=O) groups excluding carboxylic acids is 1. The number of nitrogens with zero attached hydrogens (tertiary/aromatic N) is 1. The van der Waals surface area contributed by atoms with E-state index in [2.05, 4.69) is 55.6 Å². The monoisotopic (exact) mass is 533 g/mol. The van der Waals surface area contributed by atoms with Crippen LogP contribution in [0.1, 0.15) is 89.0 Å². The van der Waals surface area contributed by atoms with E-state index >= 15 is 0 Å². The third-order valence-corrected chi connectivity index (χ3v) is 11.7. The minimum absolute atomic E-state index is 0.0415. The summed E-state index contributed by atoms with van der Waals surface area (Å²) in [6.45, 7) is 5.03. The molecule has 1 aromatic heterocycles. The Labute approximate surface area is 229 Å². The van der Waals surface area contributed by atoms with Gasteiger partial charge in [-0.1, -0.05) is 55.8 Å². The molecule has 6 heteroatoms. The Balaban J connectivity index is 1.16. The van der Waals surface area contributed by atoms with Gasteiger partial charge in [-0.2, -0.15) is 0 Å². The lowest BCUT2D eigenvalue weighted by Gasteiger charge is -2.58. The van der Waals surface area contributed by atoms with Gasteiger partial charge in [0, 0.05) is 23.3 Å². The third kappa shape index (κ3) is 4.43. The Bertz CT molecular complexity index is 1240. The van der Waals surface area contributed by atoms with E-state index < -0.39 is 5.97 Å². The number of ether oxygens (including phenoxy) is 1. The second kappa shape index (κ2) is 9.93. The molecule has 202 valence electrons. The molecule has 4 aliphatic carbocycles. The zero-order valence-electron chi connectivity index (χ0n) is 22.5. The molecule has 3 saturated carbocycles. The Hall–Kier alpha value is -2.47. The maximum absolute atomic E-state index is 12.2. The molecule has 4 aliphatic rings. The molecule has 0 spiro atoms. The minimum atomic E-state index is -0.954. The highest BCUT2D eigenvalue weighted by molar-refractivity contribution is 7.10. The molecule has 0 radical (unpaired) electrons. The van der Waals surface area contributed by atoms with E-state index in [0.29, 0.717) is 17.3 Å². The van der Waals surface area contributed by atoms with Gasteiger partial charge in [0.1, 0.15) is 6.10 Å². The second-order valence-electron chi connectivity index (χ2n) is 12.6. The summed E-state index contributed by atoms with van der Waals surface area (Å²) in [5, 5.41) is 12.4. The number of carboxylic acid groups (broad SMARTS) is 1. The predicted octanol–water partition coefficient (Wildman–Crippen LogP) is 7.63. The van der Waals surface area contributed by atoms with Gasteiger partial charge in [-0.05, 0) is 73.5 Å². The molecule has 1 heterocycles. The largest absolute Gasteiger partial charge is 0.481 e. The van der Waals surface area contributed by atoms with Crippen molar-refractivity contribution in [3.8, 4) is 11.3 Å². The fraction of sp³-hybridized carbons (Fsp3) is 0.594. The van der Waals surface area contributed by atoms with Crippen LogP contribution in [-0.2, 0) is 14.3 Å². The summed E-state index contributed by atoms with van der Waals surface area (Å²) < 4.78 is 5.71. The van der Waals surface area contributed by atoms with E-state index in [0.717, 1.165) is 43.2 Å². The van der Waals surface area contributed by atoms with Gasteiger partial charge in [0.25, 0.3) is 0 Å². The summed E-state index contributed by atoms with van der Waals surface area (Å²) in [5.41, 5.74) is 4.30. The number of carbonyl (C=O) groups is 2. The van der Waals surface area contributed by atoms with Crippen LogP contribution < -0.4 is 0 Å². The van der Waals surface area contributed by atoms with E-state index in [1.54, 1.807) is 0 Å². The van der Waals surface area contributed by atoms with Crippen LogP contribution in [0.5, 0.6) is 0 Å². The van der Waals surface area contributed by atoms with Crippen molar-refractivity contribution in [3.05, 3.63) is 52.4 Å². The number of hydrogen-bond donors (Lipinski definition) is 1. The highest BCUT2D eigenvalue weighted by Crippen LogP contribution is 2.68. The van der Waals surface area contributed by atoms with Gasteiger partial charge in [-0.3, -0.25) is 9.59 Å². The Morgan fingerprint density at radius 2 is 1.87 bits per heavy atom. The molecule has 1 N–H and O–H groups in total. The Kier molecular flexibility index (Phi) is 6.74. The predicted molar refractivity (Wildman–Crippen MR) is 149 cm³/mol. The number of benzene rings is 1. The molecular formula is C32H39NO4S. The van der Waals surface area contributed by atoms with Gasteiger partial charge in [0.2, 0.25) is 0 Å². The Morgan fingerprint density at radius 1 is 1.05 bits per heavy atom. The van der Waals surface area contributed by atoms with Gasteiger partial charge in [0.05, 0.1) is 23.5 Å². The fourth-order valence-corrected chi connectivity index (χ4v) is 9.90. The molecule has 2 unspecified atom stereocenters. The molecule has 1 aromatic carbocycles. The molecular weight excluding hydrogens is 494 g/mol. The first-order chi connectivity index (χ1) is 18.3. The minimum Gasteiger partial charge on any atom is -0.481 e. The maximum Gasteiger partial charge on any atom is 0.306 e. The van der Waals surface area contributed by atoms with Crippen molar-refractivity contribution in [2.75, 3.05) is 0 Å². The number of aliphatic carboxylic acids is 1. The normalized spacial score (nSPS) is 35.9. The summed E-state index contributed by atoms with van der Waals surface area (Å²) in [5.74, 6) is 1.36. The topological polar surface area (TPSA) is 76.5 Å². The zero-order valence-corrected chi connectivity index (χ0v) is 23.3. The Morgan fingerprint density at radius 3 is 2.66 bits per heavy atom. The number of rotatable bonds is 6. The smallest absolute Gasteiger partial charge is 0.306 e. The van der Waals surface area contributed by atoms with Crippen LogP contribution in [0.4, 0.5) is 0 Å². The number of allylic oxidation sites excluding steroid dienone is 1. The summed E-state index contributed by atoms with van der Waals surface area (Å²) >= 11 is 1.86. The third-order valence-electron chi connectivity index (χ3n) is 10.8. The van der Waals surface area contributed by atoms with Crippen molar-refractivity contribution in [2.24, 2.45) is 28.6 Å². The molecule has 3 fully saturated rings. The van der Waals surface area contributed by atoms with Crippen LogP contribution >= 0.6 is 11.3 Å². The molecule has 0 saturated heterocycles. The molecule has 2 aromatic rings. The molecule has 6 rings (SSSR count). The van der Waals surface area contributed by atoms with Gasteiger partial charge >= 0.3 is 11.9 Å². The first-order valence-corrected chi connectivity index (χ1v) is 15.3. The van der Waals surface area contributed by atoms with Gasteiger partial charge < -0.3 is 9.84 Å². The van der Waals surface area contributed by atoms with Crippen molar-refractivity contribution < 1.29 is 19.4 Å². The fourth-order valence-electron chi connectivity index (χ4n) is 8.78. The van der Waals surface area contributed by atoms with E-state index in [1.807, 2.05) is 11.3 Å². The van der Waals surface area contributed by atoms with Crippen molar-refractivity contribution in [1.82, 2.24) is 4.98 Å². The molecule has 7 atom stereocenters. The lowest BCUT2D eigenvalue weighted by atomic mass is 9.47. The first-order valence-electron chi connectivity index (χ1n) is 14.4. The summed E-state index contributed by atoms with van der Waals surface area (Å²) in [7, 11) is 0. The highest BCUT2D eigenvalue weighted by atomic mass is 32.1. The maximum atomic E-state index is 12.2. The lowest BCUT2D eigenvalue weighted by Crippen LogP contribution is -2.50. The van der Waals surface area contributed by atoms with Crippen LogP contribution in [0.2, 0.25) is 0 Å². The quantitative estimate of drug-likeness (QED) is 0.305. The van der Waals surface area contributed by atoms with Crippen LogP contribution in [0.25, 0.3) is 11.3 Å². The molecule has 5 nitrogen and oxygen atoms in total. The standard InChI is InChI=1S/C32H39NO4S/c1-31-16-14-22(37-29(36)13-12-28(34)35)18-21(31)8-9-23-24-10-11-26(32(24,2)17-15-25(23)31)30-33-27(19-38-30)20-6-4-3-5-7-20/h3-8,19,22-26H,9-18H2,1-2H3,(H,34,35)/t22-,23-,24?,25?,26+,31-,32-/m0/s1. The summed E-state index contributed by atoms with van der Waals surface area (Å²) in [4.78, 5) is 28.1. The number of esters is 1. The van der Waals surface area contributed by atoms with Gasteiger partial charge in [0.15, 0.2) is 0 Å².